The SMILES string of the molecule is C=CC(=O)OCCCCCCCCCCCCCCC[SiH2]C(Cl)Cl. The molecule has 0 aliphatic carbocycles. The highest BCUT2D eigenvalue weighted by Gasteiger charge is 1.99. The summed E-state index contributed by atoms with van der Waals surface area (Å²) in [6, 6.07) is 1.30. The van der Waals surface area contributed by atoms with Crippen LogP contribution in [-0.2, 0) is 9.53 Å². The third kappa shape index (κ3) is 20.1. The molecule has 0 atom stereocenters. The van der Waals surface area contributed by atoms with Crippen LogP contribution in [0, 0.1) is 0 Å². The second kappa shape index (κ2) is 19.3. The predicted molar refractivity (Wildman–Crippen MR) is 110 cm³/mol. The summed E-state index contributed by atoms with van der Waals surface area (Å²) in [7, 11) is -0.217. The smallest absolute Gasteiger partial charge is 0.330 e. The van der Waals surface area contributed by atoms with Gasteiger partial charge in [-0.15, -0.1) is 23.2 Å². The van der Waals surface area contributed by atoms with Crippen LogP contribution < -0.4 is 0 Å². The molecule has 0 amide bonds. The van der Waals surface area contributed by atoms with E-state index in [1.807, 2.05) is 0 Å². The Hall–Kier alpha value is 0.00688. The number of ether oxygens (including phenoxy) is 1. The Bertz CT molecular complexity index is 299. The van der Waals surface area contributed by atoms with Crippen molar-refractivity contribution in [2.45, 2.75) is 94.0 Å². The van der Waals surface area contributed by atoms with Crippen LogP contribution in [0.2, 0.25) is 6.04 Å². The molecule has 0 spiro atoms. The van der Waals surface area contributed by atoms with E-state index in [4.69, 9.17) is 27.9 Å². The van der Waals surface area contributed by atoms with Crippen molar-refractivity contribution in [2.75, 3.05) is 6.61 Å². The normalized spacial score (nSPS) is 11.5. The van der Waals surface area contributed by atoms with Gasteiger partial charge in [0.25, 0.3) is 0 Å². The molecule has 0 heterocycles. The van der Waals surface area contributed by atoms with E-state index in [1.54, 1.807) is 0 Å². The van der Waals surface area contributed by atoms with Gasteiger partial charge in [0.05, 0.1) is 20.6 Å². The van der Waals surface area contributed by atoms with Gasteiger partial charge in [0, 0.05) is 6.08 Å². The van der Waals surface area contributed by atoms with Crippen molar-refractivity contribution in [1.82, 2.24) is 0 Å². The van der Waals surface area contributed by atoms with Crippen LogP contribution >= 0.6 is 23.2 Å². The first-order valence-corrected chi connectivity index (χ1v) is 12.4. The Balaban J connectivity index is 3.03. The molecular weight excluding hydrogens is 359 g/mol. The van der Waals surface area contributed by atoms with E-state index >= 15 is 0 Å². The maximum absolute atomic E-state index is 10.8. The standard InChI is InChI=1S/C19H36Cl2O2Si/c1-2-18(22)23-16-14-12-10-8-6-4-3-5-7-9-11-13-15-17-24-19(20)21/h2,19H,1,3-17,24H2. The Kier molecular flexibility index (Phi) is 19.3. The minimum absolute atomic E-state index is 0.0419. The summed E-state index contributed by atoms with van der Waals surface area (Å²) in [6.45, 7) is 3.91. The van der Waals surface area contributed by atoms with E-state index in [0.29, 0.717) is 6.61 Å². The maximum Gasteiger partial charge on any atom is 0.330 e. The van der Waals surface area contributed by atoms with Crippen LogP contribution in [0.3, 0.4) is 0 Å². The number of alkyl halides is 2. The van der Waals surface area contributed by atoms with E-state index < -0.39 is 0 Å². The molecule has 2 nitrogen and oxygen atoms in total. The summed E-state index contributed by atoms with van der Waals surface area (Å²) in [4.78, 5) is 10.8. The molecule has 0 aromatic carbocycles. The lowest BCUT2D eigenvalue weighted by Gasteiger charge is -2.04. The number of unbranched alkanes of at least 4 members (excludes halogenated alkanes) is 12. The number of halogens is 2. The lowest BCUT2D eigenvalue weighted by atomic mass is 10.0. The van der Waals surface area contributed by atoms with Crippen LogP contribution in [0.15, 0.2) is 12.7 Å². The van der Waals surface area contributed by atoms with Gasteiger partial charge in [-0.2, -0.15) is 0 Å². The second-order valence-electron chi connectivity index (χ2n) is 6.50. The average molecular weight is 395 g/mol. The molecule has 0 aromatic rings. The molecular formula is C19H36Cl2O2Si. The average Bonchev–Trinajstić information content (AvgIpc) is 2.57. The lowest BCUT2D eigenvalue weighted by molar-refractivity contribution is -0.137. The zero-order valence-corrected chi connectivity index (χ0v) is 18.2. The summed E-state index contributed by atoms with van der Waals surface area (Å²) in [6.07, 6.45) is 18.2. The number of carbonyl (C=O) groups excluding carboxylic acids is 1. The van der Waals surface area contributed by atoms with Gasteiger partial charge in [-0.3, -0.25) is 0 Å². The second-order valence-corrected chi connectivity index (χ2v) is 10.9. The van der Waals surface area contributed by atoms with Gasteiger partial charge in [-0.25, -0.2) is 4.79 Å². The van der Waals surface area contributed by atoms with E-state index in [0.717, 1.165) is 12.8 Å². The lowest BCUT2D eigenvalue weighted by Crippen LogP contribution is -2.01. The molecule has 24 heavy (non-hydrogen) atoms. The number of rotatable bonds is 18. The Morgan fingerprint density at radius 1 is 0.833 bits per heavy atom. The zero-order chi connectivity index (χ0) is 17.9. The molecule has 0 aromatic heterocycles. The molecule has 0 unspecified atom stereocenters. The molecule has 0 saturated heterocycles. The highest BCUT2D eigenvalue weighted by atomic mass is 35.5. The summed E-state index contributed by atoms with van der Waals surface area (Å²) in [5.74, 6) is -0.309. The Labute approximate surface area is 161 Å². The molecule has 5 heteroatoms. The first kappa shape index (κ1) is 24.0. The van der Waals surface area contributed by atoms with Gasteiger partial charge in [-0.1, -0.05) is 89.7 Å². The predicted octanol–water partition coefficient (Wildman–Crippen LogP) is 6.14. The molecule has 0 aliphatic heterocycles. The van der Waals surface area contributed by atoms with Crippen LogP contribution in [0.4, 0.5) is 0 Å². The summed E-state index contributed by atoms with van der Waals surface area (Å²) < 4.78 is 4.91. The fraction of sp³-hybridized carbons (Fsp3) is 0.842. The van der Waals surface area contributed by atoms with Gasteiger partial charge in [0.15, 0.2) is 0 Å². The first-order chi connectivity index (χ1) is 11.7. The van der Waals surface area contributed by atoms with Crippen LogP contribution in [0.25, 0.3) is 0 Å². The minimum Gasteiger partial charge on any atom is -0.463 e. The van der Waals surface area contributed by atoms with E-state index in [-0.39, 0.29) is 19.9 Å². The fourth-order valence-corrected chi connectivity index (χ4v) is 4.63. The first-order valence-electron chi connectivity index (χ1n) is 9.74. The summed E-state index contributed by atoms with van der Waals surface area (Å²) >= 11 is 11.5. The van der Waals surface area contributed by atoms with Crippen LogP contribution in [0.1, 0.15) is 83.5 Å². The van der Waals surface area contributed by atoms with Gasteiger partial charge in [-0.05, 0) is 6.42 Å². The van der Waals surface area contributed by atoms with E-state index in [2.05, 4.69) is 6.58 Å². The van der Waals surface area contributed by atoms with Gasteiger partial charge in [0.1, 0.15) is 0 Å². The third-order valence-corrected chi connectivity index (χ3v) is 6.88. The van der Waals surface area contributed by atoms with Crippen molar-refractivity contribution in [2.24, 2.45) is 0 Å². The molecule has 0 fully saturated rings. The van der Waals surface area contributed by atoms with E-state index in [1.165, 1.54) is 82.7 Å². The van der Waals surface area contributed by atoms with Crippen molar-refractivity contribution in [3.8, 4) is 0 Å². The van der Waals surface area contributed by atoms with Gasteiger partial charge >= 0.3 is 5.97 Å². The highest BCUT2D eigenvalue weighted by molar-refractivity contribution is 6.68. The highest BCUT2D eigenvalue weighted by Crippen LogP contribution is 2.13. The molecule has 0 saturated carbocycles. The number of esters is 1. The largest absolute Gasteiger partial charge is 0.463 e. The monoisotopic (exact) mass is 394 g/mol. The van der Waals surface area contributed by atoms with Crippen molar-refractivity contribution in [3.63, 3.8) is 0 Å². The summed E-state index contributed by atoms with van der Waals surface area (Å²) in [5, 5.41) is 0. The molecule has 0 rings (SSSR count). The Morgan fingerprint density at radius 3 is 1.67 bits per heavy atom. The molecule has 0 bridgehead atoms. The number of hydrogen-bond donors (Lipinski definition) is 0. The number of carbonyl (C=O) groups is 1. The minimum atomic E-state index is -0.309. The molecule has 0 N–H and O–H groups in total. The third-order valence-electron chi connectivity index (χ3n) is 4.23. The molecule has 0 aliphatic rings. The van der Waals surface area contributed by atoms with Crippen LogP contribution in [-0.4, -0.2) is 26.6 Å². The molecule has 142 valence electrons. The van der Waals surface area contributed by atoms with Crippen molar-refractivity contribution < 1.29 is 9.53 Å². The van der Waals surface area contributed by atoms with Crippen molar-refractivity contribution >= 4 is 38.7 Å². The molecule has 0 radical (unpaired) electrons. The van der Waals surface area contributed by atoms with Gasteiger partial charge in [0.2, 0.25) is 0 Å². The van der Waals surface area contributed by atoms with Crippen molar-refractivity contribution in [1.29, 1.82) is 0 Å². The topological polar surface area (TPSA) is 26.3 Å². The summed E-state index contributed by atoms with van der Waals surface area (Å²) in [5.41, 5.74) is 0. The number of hydrogen-bond acceptors (Lipinski definition) is 2. The Morgan fingerprint density at radius 2 is 1.25 bits per heavy atom. The maximum atomic E-state index is 10.8. The van der Waals surface area contributed by atoms with E-state index in [9.17, 15) is 4.79 Å². The van der Waals surface area contributed by atoms with Gasteiger partial charge < -0.3 is 4.74 Å². The van der Waals surface area contributed by atoms with Crippen LogP contribution in [0.5, 0.6) is 0 Å². The van der Waals surface area contributed by atoms with Crippen molar-refractivity contribution in [3.05, 3.63) is 12.7 Å². The quantitative estimate of drug-likeness (QED) is 0.0917. The fourth-order valence-electron chi connectivity index (χ4n) is 2.75. The zero-order valence-electron chi connectivity index (χ0n) is 15.2.